The van der Waals surface area contributed by atoms with Gasteiger partial charge >= 0.3 is 0 Å². The number of likely N-dealkylation sites (N-methyl/N-ethyl adjacent to an activating group) is 1. The summed E-state index contributed by atoms with van der Waals surface area (Å²) in [6.45, 7) is 12.7. The first-order valence-electron chi connectivity index (χ1n) is 6.35. The van der Waals surface area contributed by atoms with E-state index in [1.54, 1.807) is 0 Å². The number of rotatable bonds is 6. The fraction of sp³-hybridized carbons (Fsp3) is 0.769. The van der Waals surface area contributed by atoms with E-state index in [9.17, 15) is 0 Å². The summed E-state index contributed by atoms with van der Waals surface area (Å²) in [6, 6.07) is 0. The molecule has 0 aliphatic heterocycles. The maximum absolute atomic E-state index is 4.23. The first-order chi connectivity index (χ1) is 7.92. The highest BCUT2D eigenvalue weighted by Crippen LogP contribution is 2.04. The topological polar surface area (TPSA) is 33.1 Å². The molecule has 1 rings (SSSR count). The fourth-order valence-electron chi connectivity index (χ4n) is 1.49. The van der Waals surface area contributed by atoms with E-state index in [1.807, 2.05) is 12.5 Å². The normalized spacial score (nSPS) is 12.4. The lowest BCUT2D eigenvalue weighted by molar-refractivity contribution is 0.331. The predicted molar refractivity (Wildman–Crippen MR) is 72.0 cm³/mol. The zero-order valence-electron chi connectivity index (χ0n) is 11.8. The molecular formula is C13H26N4. The molecule has 0 fully saturated rings. The highest BCUT2D eigenvalue weighted by Gasteiger charge is 2.10. The molecule has 0 radical (unpaired) electrons. The van der Waals surface area contributed by atoms with Crippen LogP contribution in [0.1, 0.15) is 33.4 Å². The second-order valence-corrected chi connectivity index (χ2v) is 5.58. The van der Waals surface area contributed by atoms with Crippen LogP contribution in [0.15, 0.2) is 12.5 Å². The van der Waals surface area contributed by atoms with Crippen molar-refractivity contribution in [2.24, 2.45) is 0 Å². The third-order valence-electron chi connectivity index (χ3n) is 2.86. The summed E-state index contributed by atoms with van der Waals surface area (Å²) in [7, 11) is 2.14. The molecule has 1 aromatic rings. The summed E-state index contributed by atoms with van der Waals surface area (Å²) in [5.74, 6) is 0. The van der Waals surface area contributed by atoms with Gasteiger partial charge in [0.15, 0.2) is 0 Å². The summed E-state index contributed by atoms with van der Waals surface area (Å²) in [6.07, 6.45) is 3.87. The van der Waals surface area contributed by atoms with Gasteiger partial charge in [0.25, 0.3) is 0 Å². The molecule has 1 heterocycles. The van der Waals surface area contributed by atoms with Crippen LogP contribution in [0.5, 0.6) is 0 Å². The van der Waals surface area contributed by atoms with Crippen molar-refractivity contribution >= 4 is 0 Å². The first-order valence-corrected chi connectivity index (χ1v) is 6.35. The van der Waals surface area contributed by atoms with Gasteiger partial charge in [0.05, 0.1) is 12.0 Å². The van der Waals surface area contributed by atoms with Crippen molar-refractivity contribution in [3.63, 3.8) is 0 Å². The lowest BCUT2D eigenvalue weighted by Gasteiger charge is -2.21. The van der Waals surface area contributed by atoms with Gasteiger partial charge in [-0.3, -0.25) is 0 Å². The Hall–Kier alpha value is -0.870. The van der Waals surface area contributed by atoms with Crippen molar-refractivity contribution < 1.29 is 0 Å². The van der Waals surface area contributed by atoms with Crippen molar-refractivity contribution in [2.45, 2.75) is 46.3 Å². The molecule has 0 saturated heterocycles. The Kier molecular flexibility index (Phi) is 5.15. The largest absolute Gasteiger partial charge is 0.332 e. The van der Waals surface area contributed by atoms with E-state index in [2.05, 4.69) is 54.5 Å². The Bertz CT molecular complexity index is 324. The quantitative estimate of drug-likeness (QED) is 0.819. The maximum atomic E-state index is 4.23. The molecule has 0 saturated carbocycles. The van der Waals surface area contributed by atoms with Gasteiger partial charge in [-0.25, -0.2) is 4.98 Å². The minimum absolute atomic E-state index is 0.148. The molecule has 1 aromatic heterocycles. The minimum Gasteiger partial charge on any atom is -0.332 e. The van der Waals surface area contributed by atoms with Crippen molar-refractivity contribution in [2.75, 3.05) is 20.1 Å². The van der Waals surface area contributed by atoms with E-state index in [-0.39, 0.29) is 5.54 Å². The second kappa shape index (κ2) is 6.17. The average molecular weight is 238 g/mol. The first kappa shape index (κ1) is 14.2. The molecule has 0 unspecified atom stereocenters. The highest BCUT2D eigenvalue weighted by atomic mass is 15.1. The summed E-state index contributed by atoms with van der Waals surface area (Å²) in [5, 5.41) is 3.49. The Balaban J connectivity index is 2.48. The molecule has 98 valence electrons. The molecule has 0 aromatic carbocycles. The SMILES string of the molecule is CCN(C)CCn1cncc1CNC(C)(C)C. The van der Waals surface area contributed by atoms with Crippen molar-refractivity contribution in [3.05, 3.63) is 18.2 Å². The van der Waals surface area contributed by atoms with Gasteiger partial charge in [0.2, 0.25) is 0 Å². The summed E-state index contributed by atoms with van der Waals surface area (Å²) in [4.78, 5) is 6.54. The number of aromatic nitrogens is 2. The summed E-state index contributed by atoms with van der Waals surface area (Å²) < 4.78 is 2.23. The van der Waals surface area contributed by atoms with E-state index in [4.69, 9.17) is 0 Å². The van der Waals surface area contributed by atoms with Crippen LogP contribution in [-0.2, 0) is 13.1 Å². The molecule has 0 aliphatic carbocycles. The van der Waals surface area contributed by atoms with Crippen LogP contribution in [0.4, 0.5) is 0 Å². The van der Waals surface area contributed by atoms with Gasteiger partial charge in [-0.15, -0.1) is 0 Å². The zero-order valence-corrected chi connectivity index (χ0v) is 11.8. The van der Waals surface area contributed by atoms with Gasteiger partial charge in [-0.1, -0.05) is 6.92 Å². The molecule has 4 heteroatoms. The minimum atomic E-state index is 0.148. The Labute approximate surface area is 105 Å². The Morgan fingerprint density at radius 3 is 2.71 bits per heavy atom. The van der Waals surface area contributed by atoms with Crippen LogP contribution >= 0.6 is 0 Å². The van der Waals surface area contributed by atoms with Crippen LogP contribution < -0.4 is 5.32 Å². The monoisotopic (exact) mass is 238 g/mol. The number of hydrogen-bond donors (Lipinski definition) is 1. The van der Waals surface area contributed by atoms with Crippen LogP contribution in [0.2, 0.25) is 0 Å². The van der Waals surface area contributed by atoms with Gasteiger partial charge in [0.1, 0.15) is 0 Å². The Morgan fingerprint density at radius 1 is 1.41 bits per heavy atom. The summed E-state index contributed by atoms with van der Waals surface area (Å²) in [5.41, 5.74) is 1.40. The van der Waals surface area contributed by atoms with Crippen LogP contribution in [0.25, 0.3) is 0 Å². The van der Waals surface area contributed by atoms with Gasteiger partial charge in [-0.05, 0) is 34.4 Å². The lowest BCUT2D eigenvalue weighted by Crippen LogP contribution is -2.35. The predicted octanol–water partition coefficient (Wildman–Crippen LogP) is 1.72. The molecule has 17 heavy (non-hydrogen) atoms. The van der Waals surface area contributed by atoms with Gasteiger partial charge in [-0.2, -0.15) is 0 Å². The van der Waals surface area contributed by atoms with Crippen molar-refractivity contribution in [1.29, 1.82) is 0 Å². The van der Waals surface area contributed by atoms with E-state index < -0.39 is 0 Å². The third-order valence-corrected chi connectivity index (χ3v) is 2.86. The second-order valence-electron chi connectivity index (χ2n) is 5.58. The molecule has 0 atom stereocenters. The van der Waals surface area contributed by atoms with Crippen LogP contribution in [0.3, 0.4) is 0 Å². The van der Waals surface area contributed by atoms with E-state index in [1.165, 1.54) is 5.69 Å². The van der Waals surface area contributed by atoms with E-state index >= 15 is 0 Å². The number of nitrogens with zero attached hydrogens (tertiary/aromatic N) is 3. The maximum Gasteiger partial charge on any atom is 0.0949 e. The average Bonchev–Trinajstić information content (AvgIpc) is 2.69. The number of nitrogens with one attached hydrogen (secondary N) is 1. The van der Waals surface area contributed by atoms with Gasteiger partial charge in [0, 0.05) is 31.4 Å². The van der Waals surface area contributed by atoms with Gasteiger partial charge < -0.3 is 14.8 Å². The number of hydrogen-bond acceptors (Lipinski definition) is 3. The molecule has 1 N–H and O–H groups in total. The van der Waals surface area contributed by atoms with Crippen LogP contribution in [-0.4, -0.2) is 40.1 Å². The fourth-order valence-corrected chi connectivity index (χ4v) is 1.49. The molecule has 0 bridgehead atoms. The number of imidazole rings is 1. The molecule has 0 amide bonds. The molecule has 4 nitrogen and oxygen atoms in total. The Morgan fingerprint density at radius 2 is 2.12 bits per heavy atom. The molecular weight excluding hydrogens is 212 g/mol. The van der Waals surface area contributed by atoms with E-state index in [0.717, 1.165) is 26.2 Å². The van der Waals surface area contributed by atoms with Crippen molar-refractivity contribution in [1.82, 2.24) is 19.8 Å². The molecule has 0 spiro atoms. The standard InChI is InChI=1S/C13H26N4/c1-6-16(5)7-8-17-11-14-9-12(17)10-15-13(2,3)4/h9,11,15H,6-8,10H2,1-5H3. The third kappa shape index (κ3) is 5.33. The summed E-state index contributed by atoms with van der Waals surface area (Å²) >= 11 is 0. The molecule has 0 aliphatic rings. The highest BCUT2D eigenvalue weighted by molar-refractivity contribution is 4.99. The van der Waals surface area contributed by atoms with Crippen molar-refractivity contribution in [3.8, 4) is 0 Å². The zero-order chi connectivity index (χ0) is 12.9. The van der Waals surface area contributed by atoms with E-state index in [0.29, 0.717) is 0 Å². The lowest BCUT2D eigenvalue weighted by atomic mass is 10.1. The van der Waals surface area contributed by atoms with Crippen LogP contribution in [0, 0.1) is 0 Å². The smallest absolute Gasteiger partial charge is 0.0949 e.